The van der Waals surface area contributed by atoms with Crippen molar-refractivity contribution in [3.05, 3.63) is 33.8 Å². The lowest BCUT2D eigenvalue weighted by Gasteiger charge is -2.30. The summed E-state index contributed by atoms with van der Waals surface area (Å²) in [6, 6.07) is 5.65. The molecule has 1 atom stereocenters. The van der Waals surface area contributed by atoms with Crippen molar-refractivity contribution in [2.45, 2.75) is 31.7 Å². The zero-order valence-corrected chi connectivity index (χ0v) is 14.0. The number of hydrogen-bond acceptors (Lipinski definition) is 3. The van der Waals surface area contributed by atoms with Gasteiger partial charge in [-0.1, -0.05) is 23.2 Å². The molecule has 122 valence electrons. The van der Waals surface area contributed by atoms with E-state index in [4.69, 9.17) is 33.7 Å². The molecule has 1 unspecified atom stereocenters. The molecule has 4 nitrogen and oxygen atoms in total. The number of benzene rings is 1. The topological polar surface area (TPSA) is 64.4 Å². The Hall–Kier alpha value is -0.810. The van der Waals surface area contributed by atoms with Crippen LogP contribution in [0.5, 0.6) is 0 Å². The first-order valence-corrected chi connectivity index (χ1v) is 8.34. The predicted octanol–water partition coefficient (Wildman–Crippen LogP) is 2.80. The monoisotopic (exact) mass is 344 g/mol. The van der Waals surface area contributed by atoms with E-state index in [-0.39, 0.29) is 11.9 Å². The van der Waals surface area contributed by atoms with Crippen LogP contribution in [0.3, 0.4) is 0 Å². The van der Waals surface area contributed by atoms with E-state index in [2.05, 4.69) is 5.32 Å². The van der Waals surface area contributed by atoms with Crippen LogP contribution in [0.1, 0.15) is 24.8 Å². The molecule has 0 saturated carbocycles. The van der Waals surface area contributed by atoms with Crippen LogP contribution in [0, 0.1) is 5.92 Å². The molecule has 0 bridgehead atoms. The Morgan fingerprint density at radius 3 is 2.50 bits per heavy atom. The molecule has 0 radical (unpaired) electrons. The molecule has 1 aromatic rings. The number of hydrogen-bond donors (Lipinski definition) is 2. The minimum absolute atomic E-state index is 0.107. The fraction of sp³-hybridized carbons (Fsp3) is 0.562. The van der Waals surface area contributed by atoms with Gasteiger partial charge in [-0.25, -0.2) is 0 Å². The van der Waals surface area contributed by atoms with Crippen LogP contribution in [0.15, 0.2) is 18.2 Å². The maximum Gasteiger partial charge on any atom is 0.218 e. The van der Waals surface area contributed by atoms with Gasteiger partial charge in [0.15, 0.2) is 0 Å². The Morgan fingerprint density at radius 2 is 1.91 bits per heavy atom. The Labute approximate surface area is 141 Å². The summed E-state index contributed by atoms with van der Waals surface area (Å²) in [6.45, 7) is 2.27. The average Bonchev–Trinajstić information content (AvgIpc) is 2.46. The molecule has 1 heterocycles. The first kappa shape index (κ1) is 17.5. The van der Waals surface area contributed by atoms with Gasteiger partial charge >= 0.3 is 0 Å². The molecule has 2 rings (SSSR count). The molecular weight excluding hydrogens is 323 g/mol. The second kappa shape index (κ2) is 8.73. The summed E-state index contributed by atoms with van der Waals surface area (Å²) in [4.78, 5) is 11.3. The lowest BCUT2D eigenvalue weighted by atomic mass is 9.89. The second-order valence-corrected chi connectivity index (χ2v) is 6.58. The number of halogens is 2. The predicted molar refractivity (Wildman–Crippen MR) is 89.3 cm³/mol. The first-order valence-electron chi connectivity index (χ1n) is 7.59. The van der Waals surface area contributed by atoms with Crippen molar-refractivity contribution >= 4 is 29.1 Å². The average molecular weight is 345 g/mol. The Balaban J connectivity index is 1.88. The zero-order chi connectivity index (χ0) is 15.9. The van der Waals surface area contributed by atoms with Crippen molar-refractivity contribution < 1.29 is 9.53 Å². The van der Waals surface area contributed by atoms with Crippen LogP contribution < -0.4 is 11.1 Å². The highest BCUT2D eigenvalue weighted by molar-refractivity contribution is 6.34. The van der Waals surface area contributed by atoms with E-state index in [0.29, 0.717) is 22.4 Å². The SMILES string of the molecule is NC(=O)CC(NCCc1cc(Cl)cc(Cl)c1)C1CCOCC1. The van der Waals surface area contributed by atoms with Crippen molar-refractivity contribution in [2.24, 2.45) is 11.7 Å². The summed E-state index contributed by atoms with van der Waals surface area (Å²) in [5.41, 5.74) is 6.46. The molecule has 22 heavy (non-hydrogen) atoms. The number of carbonyl (C=O) groups excluding carboxylic acids is 1. The maximum absolute atomic E-state index is 11.3. The summed E-state index contributed by atoms with van der Waals surface area (Å²) in [7, 11) is 0. The molecule has 1 saturated heterocycles. The van der Waals surface area contributed by atoms with Crippen LogP contribution in [0.4, 0.5) is 0 Å². The number of carbonyl (C=O) groups is 1. The van der Waals surface area contributed by atoms with Gasteiger partial charge in [0.25, 0.3) is 0 Å². The standard InChI is InChI=1S/C16H22Cl2N2O2/c17-13-7-11(8-14(18)9-13)1-4-20-15(10-16(19)21)12-2-5-22-6-3-12/h7-9,12,15,20H,1-6,10H2,(H2,19,21). The molecule has 1 fully saturated rings. The third-order valence-corrected chi connectivity index (χ3v) is 4.44. The third-order valence-electron chi connectivity index (χ3n) is 4.00. The van der Waals surface area contributed by atoms with Gasteiger partial charge in [-0.2, -0.15) is 0 Å². The molecule has 3 N–H and O–H groups in total. The van der Waals surface area contributed by atoms with Crippen LogP contribution in [0.25, 0.3) is 0 Å². The van der Waals surface area contributed by atoms with Crippen molar-refractivity contribution in [2.75, 3.05) is 19.8 Å². The summed E-state index contributed by atoms with van der Waals surface area (Å²) in [5, 5.41) is 4.74. The van der Waals surface area contributed by atoms with Crippen molar-refractivity contribution in [3.63, 3.8) is 0 Å². The van der Waals surface area contributed by atoms with E-state index >= 15 is 0 Å². The molecule has 6 heteroatoms. The van der Waals surface area contributed by atoms with Gasteiger partial charge in [-0.3, -0.25) is 4.79 Å². The summed E-state index contributed by atoms with van der Waals surface area (Å²) in [6.07, 6.45) is 3.10. The molecule has 0 aromatic heterocycles. The zero-order valence-electron chi connectivity index (χ0n) is 12.5. The number of ether oxygens (including phenoxy) is 1. The molecule has 0 spiro atoms. The first-order chi connectivity index (χ1) is 10.5. The van der Waals surface area contributed by atoms with Gasteiger partial charge in [-0.05, 0) is 55.5 Å². The Morgan fingerprint density at radius 1 is 1.27 bits per heavy atom. The lowest BCUT2D eigenvalue weighted by molar-refractivity contribution is -0.119. The number of rotatable bonds is 7. The Bertz CT molecular complexity index is 485. The molecule has 0 aliphatic carbocycles. The minimum atomic E-state index is -0.269. The minimum Gasteiger partial charge on any atom is -0.381 e. The fourth-order valence-electron chi connectivity index (χ4n) is 2.90. The van der Waals surface area contributed by atoms with Gasteiger partial charge in [0.1, 0.15) is 0 Å². The quantitative estimate of drug-likeness (QED) is 0.799. The lowest BCUT2D eigenvalue weighted by Crippen LogP contribution is -2.42. The second-order valence-electron chi connectivity index (χ2n) is 5.71. The Kier molecular flexibility index (Phi) is 6.96. The third kappa shape index (κ3) is 5.76. The maximum atomic E-state index is 11.3. The van der Waals surface area contributed by atoms with Crippen molar-refractivity contribution in [1.82, 2.24) is 5.32 Å². The largest absolute Gasteiger partial charge is 0.381 e. The highest BCUT2D eigenvalue weighted by Crippen LogP contribution is 2.22. The van der Waals surface area contributed by atoms with Crippen LogP contribution in [0.2, 0.25) is 10.0 Å². The summed E-state index contributed by atoms with van der Waals surface area (Å²) in [5.74, 6) is 0.166. The van der Waals surface area contributed by atoms with E-state index in [9.17, 15) is 4.79 Å². The van der Waals surface area contributed by atoms with Gasteiger partial charge < -0.3 is 15.8 Å². The van der Waals surface area contributed by atoms with Gasteiger partial charge in [-0.15, -0.1) is 0 Å². The molecule has 1 aliphatic rings. The highest BCUT2D eigenvalue weighted by Gasteiger charge is 2.24. The summed E-state index contributed by atoms with van der Waals surface area (Å²) >= 11 is 12.0. The molecule has 1 aliphatic heterocycles. The van der Waals surface area contributed by atoms with E-state index in [1.165, 1.54) is 0 Å². The molecular formula is C16H22Cl2N2O2. The highest BCUT2D eigenvalue weighted by atomic mass is 35.5. The van der Waals surface area contributed by atoms with E-state index < -0.39 is 0 Å². The molecule has 1 aromatic carbocycles. The van der Waals surface area contributed by atoms with Crippen LogP contribution >= 0.6 is 23.2 Å². The van der Waals surface area contributed by atoms with E-state index in [1.807, 2.05) is 12.1 Å². The summed E-state index contributed by atoms with van der Waals surface area (Å²) < 4.78 is 5.38. The van der Waals surface area contributed by atoms with Gasteiger partial charge in [0, 0.05) is 35.7 Å². The smallest absolute Gasteiger partial charge is 0.218 e. The van der Waals surface area contributed by atoms with Crippen molar-refractivity contribution in [3.8, 4) is 0 Å². The number of amides is 1. The normalized spacial score (nSPS) is 17.4. The van der Waals surface area contributed by atoms with Crippen LogP contribution in [-0.2, 0) is 16.0 Å². The number of primary amides is 1. The molecule has 1 amide bonds. The van der Waals surface area contributed by atoms with E-state index in [0.717, 1.165) is 44.6 Å². The van der Waals surface area contributed by atoms with E-state index in [1.54, 1.807) is 6.07 Å². The van der Waals surface area contributed by atoms with Gasteiger partial charge in [0.05, 0.1) is 0 Å². The van der Waals surface area contributed by atoms with Crippen molar-refractivity contribution in [1.29, 1.82) is 0 Å². The van der Waals surface area contributed by atoms with Gasteiger partial charge in [0.2, 0.25) is 5.91 Å². The number of nitrogens with one attached hydrogen (secondary N) is 1. The van der Waals surface area contributed by atoms with Crippen LogP contribution in [-0.4, -0.2) is 31.7 Å². The fourth-order valence-corrected chi connectivity index (χ4v) is 3.47. The number of nitrogens with two attached hydrogens (primary N) is 1.